The summed E-state index contributed by atoms with van der Waals surface area (Å²) in [6.07, 6.45) is -0.296. The van der Waals surface area contributed by atoms with E-state index in [-0.39, 0.29) is 12.0 Å². The molecule has 6 rings (SSSR count). The molecule has 4 heteroatoms. The predicted molar refractivity (Wildman–Crippen MR) is 190 cm³/mol. The lowest BCUT2D eigenvalue weighted by Crippen LogP contribution is -2.74. The molecule has 1 aliphatic rings. The third-order valence-electron chi connectivity index (χ3n) is 9.64. The second kappa shape index (κ2) is 13.7. The number of likely N-dealkylation sites (tertiary alicyclic amines) is 1. The van der Waals surface area contributed by atoms with Crippen molar-refractivity contribution in [3.8, 4) is 0 Å². The molecule has 0 N–H and O–H groups in total. The second-order valence-corrected chi connectivity index (χ2v) is 13.5. The van der Waals surface area contributed by atoms with Crippen LogP contribution in [0.1, 0.15) is 45.7 Å². The van der Waals surface area contributed by atoms with Gasteiger partial charge in [-0.25, -0.2) is 4.79 Å². The van der Waals surface area contributed by atoms with Crippen molar-refractivity contribution in [3.63, 3.8) is 0 Å². The summed E-state index contributed by atoms with van der Waals surface area (Å²) in [7, 11) is 2.16. The molecule has 45 heavy (non-hydrogen) atoms. The van der Waals surface area contributed by atoms with E-state index in [1.165, 1.54) is 27.4 Å². The van der Waals surface area contributed by atoms with Crippen LogP contribution in [0.4, 0.5) is 0 Å². The lowest BCUT2D eigenvalue weighted by molar-refractivity contribution is -0.989. The number of likely N-dealkylation sites (N-methyl/N-ethyl adjacent to an activating group) is 1. The molecular weight excluding hydrogens is 549 g/mol. The maximum atomic E-state index is 12.4. The average molecular weight is 596 g/mol. The highest BCUT2D eigenvalue weighted by Crippen LogP contribution is 2.39. The Bertz CT molecular complexity index is 1470. The minimum absolute atomic E-state index is 0.0376. The van der Waals surface area contributed by atoms with Crippen molar-refractivity contribution in [2.24, 2.45) is 0 Å². The third kappa shape index (κ3) is 6.82. The zero-order valence-electron chi connectivity index (χ0n) is 27.3. The van der Waals surface area contributed by atoms with Gasteiger partial charge in [0.2, 0.25) is 0 Å². The average Bonchev–Trinajstić information content (AvgIpc) is 3.06. The first-order valence-electron chi connectivity index (χ1n) is 16.2. The van der Waals surface area contributed by atoms with Gasteiger partial charge in [0.15, 0.2) is 6.04 Å². The van der Waals surface area contributed by atoms with E-state index in [1.54, 1.807) is 0 Å². The standard InChI is InChI=1S/C24H20B.C17H26NO2/c1-5-13-21(14-6-1)25(22-15-7-2-8-16-22,23-17-9-3-10-18-23)24-19-11-4-12-20-24;1-13(14-9-7-6-8-10-14)18(5)12-11-15(18)16(19)20-17(2,3)4/h1-20H;6-10,13,15H,11-12H2,1-5H3/q-1;+1/t;13-,15-,18-/m.0/s1. The monoisotopic (exact) mass is 595 g/mol. The summed E-state index contributed by atoms with van der Waals surface area (Å²) in [6.45, 7) is 9.00. The number of rotatable bonds is 7. The van der Waals surface area contributed by atoms with Crippen LogP contribution in [0.25, 0.3) is 0 Å². The number of esters is 1. The van der Waals surface area contributed by atoms with Gasteiger partial charge in [-0.05, 0) is 27.7 Å². The van der Waals surface area contributed by atoms with Gasteiger partial charge in [0.1, 0.15) is 17.8 Å². The van der Waals surface area contributed by atoms with Crippen molar-refractivity contribution in [1.82, 2.24) is 0 Å². The van der Waals surface area contributed by atoms with Crippen molar-refractivity contribution in [2.75, 3.05) is 13.6 Å². The topological polar surface area (TPSA) is 26.3 Å². The fourth-order valence-electron chi connectivity index (χ4n) is 7.05. The number of hydrogen-bond acceptors (Lipinski definition) is 2. The lowest BCUT2D eigenvalue weighted by Gasteiger charge is -2.52. The molecule has 0 aromatic heterocycles. The summed E-state index contributed by atoms with van der Waals surface area (Å²) in [4.78, 5) is 12.4. The van der Waals surface area contributed by atoms with E-state index >= 15 is 0 Å². The maximum absolute atomic E-state index is 12.4. The van der Waals surface area contributed by atoms with Crippen LogP contribution in [0, 0.1) is 0 Å². The van der Waals surface area contributed by atoms with Gasteiger partial charge in [-0.1, -0.05) is 152 Å². The van der Waals surface area contributed by atoms with Gasteiger partial charge in [0.05, 0.1) is 20.0 Å². The summed E-state index contributed by atoms with van der Waals surface area (Å²) in [5, 5.41) is 0. The normalized spacial score (nSPS) is 18.5. The summed E-state index contributed by atoms with van der Waals surface area (Å²) >= 11 is 0. The van der Waals surface area contributed by atoms with E-state index in [0.29, 0.717) is 6.04 Å². The minimum Gasteiger partial charge on any atom is -0.456 e. The lowest BCUT2D eigenvalue weighted by atomic mass is 9.13. The molecule has 1 aliphatic heterocycles. The SMILES string of the molecule is C[C@@H](c1ccccc1)[N@+]1(C)CC[C@H]1C(=O)OC(C)(C)C.c1ccc([B-](c2ccccc2)(c2ccccc2)c2ccccc2)cc1. The van der Waals surface area contributed by atoms with Crippen molar-refractivity contribution in [2.45, 2.75) is 51.8 Å². The van der Waals surface area contributed by atoms with Crippen LogP contribution in [-0.2, 0) is 9.53 Å². The van der Waals surface area contributed by atoms with Crippen molar-refractivity contribution in [3.05, 3.63) is 157 Å². The van der Waals surface area contributed by atoms with E-state index in [9.17, 15) is 4.79 Å². The van der Waals surface area contributed by atoms with E-state index in [0.717, 1.165) is 17.4 Å². The number of quaternary nitrogens is 1. The quantitative estimate of drug-likeness (QED) is 0.124. The van der Waals surface area contributed by atoms with Gasteiger partial charge in [0, 0.05) is 5.56 Å². The number of carbonyl (C=O) groups excluding carboxylic acids is 1. The fraction of sp³-hybridized carbons (Fsp3) is 0.244. The van der Waals surface area contributed by atoms with Crippen molar-refractivity contribution < 1.29 is 14.0 Å². The number of hydrogen-bond donors (Lipinski definition) is 0. The van der Waals surface area contributed by atoms with Crippen LogP contribution in [0.15, 0.2) is 152 Å². The molecule has 0 amide bonds. The Morgan fingerprint density at radius 1 is 0.644 bits per heavy atom. The molecule has 5 aromatic rings. The highest BCUT2D eigenvalue weighted by molar-refractivity contribution is 7.19. The van der Waals surface area contributed by atoms with E-state index in [2.05, 4.69) is 160 Å². The number of benzene rings is 5. The summed E-state index contributed by atoms with van der Waals surface area (Å²) in [6, 6.07) is 54.2. The zero-order chi connectivity index (χ0) is 31.9. The van der Waals surface area contributed by atoms with E-state index in [4.69, 9.17) is 4.74 Å². The Hall–Kier alpha value is -4.41. The van der Waals surface area contributed by atoms with Gasteiger partial charge < -0.3 is 9.22 Å². The van der Waals surface area contributed by atoms with Crippen LogP contribution in [0.5, 0.6) is 0 Å². The third-order valence-corrected chi connectivity index (χ3v) is 9.64. The van der Waals surface area contributed by atoms with Gasteiger partial charge in [-0.15, -0.1) is 0 Å². The molecule has 0 radical (unpaired) electrons. The molecule has 5 aromatic carbocycles. The molecule has 0 saturated carbocycles. The van der Waals surface area contributed by atoms with E-state index in [1.807, 2.05) is 26.8 Å². The molecule has 0 unspecified atom stereocenters. The molecule has 1 fully saturated rings. The molecule has 0 aliphatic carbocycles. The number of carbonyl (C=O) groups is 1. The first-order valence-corrected chi connectivity index (χ1v) is 16.2. The fourth-order valence-corrected chi connectivity index (χ4v) is 7.05. The first-order chi connectivity index (χ1) is 21.7. The molecule has 3 nitrogen and oxygen atoms in total. The van der Waals surface area contributed by atoms with Crippen LogP contribution in [0.3, 0.4) is 0 Å². The van der Waals surface area contributed by atoms with Crippen LogP contribution in [-0.4, -0.2) is 41.8 Å². The second-order valence-electron chi connectivity index (χ2n) is 13.5. The van der Waals surface area contributed by atoms with Gasteiger partial charge in [0.25, 0.3) is 0 Å². The molecule has 0 bridgehead atoms. The summed E-state index contributed by atoms with van der Waals surface area (Å²) in [5.41, 5.74) is 6.23. The Morgan fingerprint density at radius 2 is 0.978 bits per heavy atom. The van der Waals surface area contributed by atoms with E-state index < -0.39 is 11.7 Å². The van der Waals surface area contributed by atoms with Crippen LogP contribution in [0.2, 0.25) is 0 Å². The highest BCUT2D eigenvalue weighted by Gasteiger charge is 2.52. The molecule has 1 heterocycles. The highest BCUT2D eigenvalue weighted by atomic mass is 16.6. The Labute approximate surface area is 270 Å². The van der Waals surface area contributed by atoms with Gasteiger partial charge >= 0.3 is 5.97 Å². The zero-order valence-corrected chi connectivity index (χ0v) is 27.3. The van der Waals surface area contributed by atoms with Gasteiger partial charge in [-0.3, -0.25) is 0 Å². The molecule has 3 atom stereocenters. The van der Waals surface area contributed by atoms with Crippen LogP contribution < -0.4 is 21.9 Å². The minimum atomic E-state index is -1.22. The van der Waals surface area contributed by atoms with Crippen molar-refractivity contribution >= 4 is 34.0 Å². The van der Waals surface area contributed by atoms with Crippen molar-refractivity contribution in [1.29, 1.82) is 0 Å². The largest absolute Gasteiger partial charge is 0.456 e. The molecule has 0 spiro atoms. The van der Waals surface area contributed by atoms with Crippen LogP contribution >= 0.6 is 0 Å². The Morgan fingerprint density at radius 3 is 1.27 bits per heavy atom. The first kappa shape index (κ1) is 32.0. The summed E-state index contributed by atoms with van der Waals surface area (Å²) < 4.78 is 6.32. The smallest absolute Gasteiger partial charge is 0.365 e. The predicted octanol–water partition coefficient (Wildman–Crippen LogP) is 6.37. The summed E-state index contributed by atoms with van der Waals surface area (Å²) in [5.74, 6) is -0.0611. The molecule has 230 valence electrons. The molecular formula is C41H46BNO2. The number of ether oxygens (including phenoxy) is 1. The maximum Gasteiger partial charge on any atom is 0.365 e. The Balaban J connectivity index is 0.000000183. The van der Waals surface area contributed by atoms with Gasteiger partial charge in [-0.2, -0.15) is 21.9 Å². The number of nitrogens with zero attached hydrogens (tertiary/aromatic N) is 1. The Kier molecular flexibility index (Phi) is 9.75. The molecule has 1 saturated heterocycles.